The molecule has 4 aromatic rings. The summed E-state index contributed by atoms with van der Waals surface area (Å²) in [5.41, 5.74) is 2.63. The summed E-state index contributed by atoms with van der Waals surface area (Å²) in [5, 5.41) is 12.1. The van der Waals surface area contributed by atoms with Gasteiger partial charge >= 0.3 is 0 Å². The van der Waals surface area contributed by atoms with Crippen molar-refractivity contribution in [1.82, 2.24) is 24.7 Å². The van der Waals surface area contributed by atoms with Crippen molar-refractivity contribution in [3.63, 3.8) is 0 Å². The van der Waals surface area contributed by atoms with Crippen LogP contribution in [0, 0.1) is 0 Å². The molecule has 0 N–H and O–H groups in total. The molecule has 0 aliphatic heterocycles. The van der Waals surface area contributed by atoms with E-state index in [9.17, 15) is 4.79 Å². The highest BCUT2D eigenvalue weighted by Crippen LogP contribution is 2.31. The van der Waals surface area contributed by atoms with Crippen LogP contribution in [0.3, 0.4) is 0 Å². The van der Waals surface area contributed by atoms with E-state index >= 15 is 0 Å². The van der Waals surface area contributed by atoms with Crippen LogP contribution in [0.4, 0.5) is 10.8 Å². The Morgan fingerprint density at radius 2 is 1.97 bits per heavy atom. The van der Waals surface area contributed by atoms with Crippen LogP contribution < -0.4 is 4.90 Å². The van der Waals surface area contributed by atoms with Crippen molar-refractivity contribution < 1.29 is 4.79 Å². The van der Waals surface area contributed by atoms with Crippen LogP contribution in [0.2, 0.25) is 0 Å². The molecule has 1 amide bonds. The quantitative estimate of drug-likeness (QED) is 0.280. The molecular weight excluding hydrogens is 428 g/mol. The fourth-order valence-electron chi connectivity index (χ4n) is 3.01. The lowest BCUT2D eigenvalue weighted by atomic mass is 10.2. The van der Waals surface area contributed by atoms with E-state index < -0.39 is 0 Å². The maximum atomic E-state index is 12.2. The Balaban J connectivity index is 1.53. The largest absolute Gasteiger partial charge is 0.298 e. The number of para-hydroxylation sites is 1. The van der Waals surface area contributed by atoms with Gasteiger partial charge in [0.1, 0.15) is 0 Å². The van der Waals surface area contributed by atoms with Crippen molar-refractivity contribution in [2.75, 3.05) is 4.90 Å². The molecular formula is C22H20N6OS2. The van der Waals surface area contributed by atoms with E-state index in [1.165, 1.54) is 11.3 Å². The standard InChI is InChI=1S/C22H20N6OS2/c1-3-13-27-20(17-9-11-23-12-10-17)25-26-22(27)31-15-18-14-30-21(24-18)28(16(2)29)19-7-5-4-6-8-19/h3-12,14H,1,13,15H2,2H3. The summed E-state index contributed by atoms with van der Waals surface area (Å²) in [6.07, 6.45) is 5.29. The predicted molar refractivity (Wildman–Crippen MR) is 124 cm³/mol. The van der Waals surface area contributed by atoms with Gasteiger partial charge in [0.2, 0.25) is 5.91 Å². The first-order chi connectivity index (χ1) is 15.2. The van der Waals surface area contributed by atoms with Gasteiger partial charge in [-0.15, -0.1) is 28.1 Å². The van der Waals surface area contributed by atoms with E-state index in [0.717, 1.165) is 27.9 Å². The highest BCUT2D eigenvalue weighted by atomic mass is 32.2. The Morgan fingerprint density at radius 3 is 2.68 bits per heavy atom. The first-order valence-electron chi connectivity index (χ1n) is 9.55. The molecule has 0 bridgehead atoms. The number of aromatic nitrogens is 5. The van der Waals surface area contributed by atoms with Crippen molar-refractivity contribution in [2.24, 2.45) is 0 Å². The minimum Gasteiger partial charge on any atom is -0.298 e. The van der Waals surface area contributed by atoms with E-state index in [-0.39, 0.29) is 5.91 Å². The summed E-state index contributed by atoms with van der Waals surface area (Å²) in [7, 11) is 0. The smallest absolute Gasteiger partial charge is 0.230 e. The Hall–Kier alpha value is -3.30. The van der Waals surface area contributed by atoms with Gasteiger partial charge in [-0.25, -0.2) is 4.98 Å². The summed E-state index contributed by atoms with van der Waals surface area (Å²) in [6, 6.07) is 13.3. The minimum absolute atomic E-state index is 0.0764. The molecule has 4 rings (SSSR count). The Labute approximate surface area is 188 Å². The van der Waals surface area contributed by atoms with Crippen LogP contribution in [0.15, 0.2) is 78.0 Å². The maximum Gasteiger partial charge on any atom is 0.230 e. The van der Waals surface area contributed by atoms with Crippen molar-refractivity contribution in [1.29, 1.82) is 0 Å². The third-order valence-corrected chi connectivity index (χ3v) is 6.25. The molecule has 0 atom stereocenters. The van der Waals surface area contributed by atoms with Gasteiger partial charge in [-0.1, -0.05) is 36.0 Å². The molecule has 156 valence electrons. The topological polar surface area (TPSA) is 76.8 Å². The third kappa shape index (κ3) is 4.73. The molecule has 31 heavy (non-hydrogen) atoms. The summed E-state index contributed by atoms with van der Waals surface area (Å²) < 4.78 is 2.02. The number of nitrogens with zero attached hydrogens (tertiary/aromatic N) is 6. The number of thioether (sulfide) groups is 1. The molecule has 0 saturated heterocycles. The number of benzene rings is 1. The third-order valence-electron chi connectivity index (χ3n) is 4.38. The average Bonchev–Trinajstić information content (AvgIpc) is 3.41. The predicted octanol–water partition coefficient (Wildman–Crippen LogP) is 4.96. The summed E-state index contributed by atoms with van der Waals surface area (Å²) in [6.45, 7) is 5.99. The van der Waals surface area contributed by atoms with Gasteiger partial charge in [0.05, 0.1) is 11.4 Å². The number of hydrogen-bond donors (Lipinski definition) is 0. The molecule has 0 fully saturated rings. The molecule has 9 heteroatoms. The van der Waals surface area contributed by atoms with Gasteiger partial charge in [0.15, 0.2) is 16.1 Å². The number of carbonyl (C=O) groups excluding carboxylic acids is 1. The van der Waals surface area contributed by atoms with E-state index in [0.29, 0.717) is 17.4 Å². The number of allylic oxidation sites excluding steroid dienone is 1. The molecule has 7 nitrogen and oxygen atoms in total. The molecule has 0 aliphatic carbocycles. The lowest BCUT2D eigenvalue weighted by Gasteiger charge is -2.17. The molecule has 0 saturated carbocycles. The van der Waals surface area contributed by atoms with Gasteiger partial charge in [-0.05, 0) is 24.3 Å². The monoisotopic (exact) mass is 448 g/mol. The summed E-state index contributed by atoms with van der Waals surface area (Å²) in [5.74, 6) is 1.31. The number of amides is 1. The second-order valence-electron chi connectivity index (χ2n) is 6.54. The normalized spacial score (nSPS) is 10.7. The fraction of sp³-hybridized carbons (Fsp3) is 0.136. The number of rotatable bonds is 8. The average molecular weight is 449 g/mol. The Kier molecular flexibility index (Phi) is 6.54. The highest BCUT2D eigenvalue weighted by molar-refractivity contribution is 7.98. The lowest BCUT2D eigenvalue weighted by molar-refractivity contribution is -0.115. The first kappa shape index (κ1) is 21.0. The zero-order chi connectivity index (χ0) is 21.6. The zero-order valence-electron chi connectivity index (χ0n) is 16.9. The van der Waals surface area contributed by atoms with Crippen LogP contribution in [0.25, 0.3) is 11.4 Å². The van der Waals surface area contributed by atoms with E-state index in [1.54, 1.807) is 36.0 Å². The lowest BCUT2D eigenvalue weighted by Crippen LogP contribution is -2.22. The second-order valence-corrected chi connectivity index (χ2v) is 8.32. The number of hydrogen-bond acceptors (Lipinski definition) is 7. The van der Waals surface area contributed by atoms with Crippen LogP contribution >= 0.6 is 23.1 Å². The fourth-order valence-corrected chi connectivity index (χ4v) is 4.84. The number of carbonyl (C=O) groups is 1. The van der Waals surface area contributed by atoms with Crippen molar-refractivity contribution in [3.8, 4) is 11.4 Å². The molecule has 0 radical (unpaired) electrons. The maximum absolute atomic E-state index is 12.2. The van der Waals surface area contributed by atoms with E-state index in [1.807, 2.05) is 58.5 Å². The Morgan fingerprint density at radius 1 is 1.19 bits per heavy atom. The molecule has 0 unspecified atom stereocenters. The van der Waals surface area contributed by atoms with Gasteiger partial charge in [0, 0.05) is 42.6 Å². The van der Waals surface area contributed by atoms with Gasteiger partial charge in [-0.2, -0.15) is 0 Å². The number of pyridine rings is 1. The van der Waals surface area contributed by atoms with Crippen molar-refractivity contribution in [2.45, 2.75) is 24.4 Å². The summed E-state index contributed by atoms with van der Waals surface area (Å²) >= 11 is 3.00. The minimum atomic E-state index is -0.0764. The van der Waals surface area contributed by atoms with Gasteiger partial charge in [0.25, 0.3) is 0 Å². The van der Waals surface area contributed by atoms with E-state index in [2.05, 4.69) is 26.7 Å². The van der Waals surface area contributed by atoms with Gasteiger partial charge < -0.3 is 0 Å². The van der Waals surface area contributed by atoms with Gasteiger partial charge in [-0.3, -0.25) is 19.2 Å². The highest BCUT2D eigenvalue weighted by Gasteiger charge is 2.19. The second kappa shape index (κ2) is 9.67. The molecule has 0 aliphatic rings. The molecule has 1 aromatic carbocycles. The van der Waals surface area contributed by atoms with Crippen molar-refractivity contribution >= 4 is 39.8 Å². The number of thiazole rings is 1. The van der Waals surface area contributed by atoms with Crippen LogP contribution in [-0.2, 0) is 17.1 Å². The van der Waals surface area contributed by atoms with E-state index in [4.69, 9.17) is 0 Å². The SMILES string of the molecule is C=CCn1c(SCc2csc(N(C(C)=O)c3ccccc3)n2)nnc1-c1ccncc1. The van der Waals surface area contributed by atoms with Crippen LogP contribution in [0.1, 0.15) is 12.6 Å². The molecule has 3 aromatic heterocycles. The Bertz CT molecular complexity index is 1170. The first-order valence-corrected chi connectivity index (χ1v) is 11.4. The summed E-state index contributed by atoms with van der Waals surface area (Å²) in [4.78, 5) is 22.6. The molecule has 3 heterocycles. The number of anilines is 2. The zero-order valence-corrected chi connectivity index (χ0v) is 18.5. The van der Waals surface area contributed by atoms with Crippen molar-refractivity contribution in [3.05, 3.63) is 78.6 Å². The van der Waals surface area contributed by atoms with Crippen LogP contribution in [-0.4, -0.2) is 30.6 Å². The molecule has 0 spiro atoms. The van der Waals surface area contributed by atoms with Crippen LogP contribution in [0.5, 0.6) is 0 Å².